The van der Waals surface area contributed by atoms with Gasteiger partial charge in [-0.25, -0.2) is 13.2 Å². The summed E-state index contributed by atoms with van der Waals surface area (Å²) < 4.78 is 39.4. The first kappa shape index (κ1) is 11.5. The monoisotopic (exact) mass is 229 g/mol. The van der Waals surface area contributed by atoms with Crippen molar-refractivity contribution in [1.29, 1.82) is 0 Å². The fourth-order valence-electron chi connectivity index (χ4n) is 2.11. The lowest BCUT2D eigenvalue weighted by Gasteiger charge is -2.28. The molecule has 16 heavy (non-hydrogen) atoms. The van der Waals surface area contributed by atoms with Crippen molar-refractivity contribution in [3.05, 3.63) is 35.1 Å². The molecular formula is C12H14F3N. The smallest absolute Gasteiger partial charge is 0.133 e. The Kier molecular flexibility index (Phi) is 3.19. The van der Waals surface area contributed by atoms with Crippen LogP contribution in [0.15, 0.2) is 12.1 Å². The van der Waals surface area contributed by atoms with E-state index in [-0.39, 0.29) is 5.56 Å². The van der Waals surface area contributed by atoms with Crippen LogP contribution < -0.4 is 5.73 Å². The highest BCUT2D eigenvalue weighted by molar-refractivity contribution is 5.24. The molecule has 1 atom stereocenters. The average molecular weight is 229 g/mol. The molecule has 1 nitrogen and oxygen atoms in total. The lowest BCUT2D eigenvalue weighted by atomic mass is 9.80. The second-order valence-corrected chi connectivity index (χ2v) is 4.42. The second-order valence-electron chi connectivity index (χ2n) is 4.42. The lowest BCUT2D eigenvalue weighted by Crippen LogP contribution is -2.22. The minimum absolute atomic E-state index is 0.187. The van der Waals surface area contributed by atoms with E-state index in [1.165, 1.54) is 0 Å². The molecule has 0 amide bonds. The zero-order valence-electron chi connectivity index (χ0n) is 8.85. The molecule has 0 aliphatic heterocycles. The fourth-order valence-corrected chi connectivity index (χ4v) is 2.11. The topological polar surface area (TPSA) is 26.0 Å². The molecule has 0 radical (unpaired) electrons. The third kappa shape index (κ3) is 2.21. The van der Waals surface area contributed by atoms with Gasteiger partial charge < -0.3 is 5.73 Å². The molecule has 1 unspecified atom stereocenters. The van der Waals surface area contributed by atoms with E-state index in [9.17, 15) is 13.2 Å². The van der Waals surface area contributed by atoms with Crippen molar-refractivity contribution in [1.82, 2.24) is 0 Å². The van der Waals surface area contributed by atoms with Crippen LogP contribution in [0.1, 0.15) is 37.3 Å². The summed E-state index contributed by atoms with van der Waals surface area (Å²) in [6.45, 7) is 0. The maximum Gasteiger partial charge on any atom is 0.133 e. The first-order chi connectivity index (χ1) is 7.58. The van der Waals surface area contributed by atoms with Crippen molar-refractivity contribution in [3.63, 3.8) is 0 Å². The first-order valence-corrected chi connectivity index (χ1v) is 5.48. The Labute approximate surface area is 92.5 Å². The highest BCUT2D eigenvalue weighted by atomic mass is 19.1. The standard InChI is InChI=1S/C12H14F3N/c13-8-5-9(14)12(10(15)6-8)11(16)4-7-2-1-3-7/h5-7,11H,1-4,16H2. The van der Waals surface area contributed by atoms with Gasteiger partial charge >= 0.3 is 0 Å². The normalized spacial score (nSPS) is 18.2. The van der Waals surface area contributed by atoms with E-state index in [1.807, 2.05) is 0 Å². The van der Waals surface area contributed by atoms with Gasteiger partial charge in [-0.05, 0) is 12.3 Å². The summed E-state index contributed by atoms with van der Waals surface area (Å²) in [5.74, 6) is -2.22. The van der Waals surface area contributed by atoms with Gasteiger partial charge in [-0.2, -0.15) is 0 Å². The first-order valence-electron chi connectivity index (χ1n) is 5.48. The fraction of sp³-hybridized carbons (Fsp3) is 0.500. The Morgan fingerprint density at radius 1 is 1.19 bits per heavy atom. The van der Waals surface area contributed by atoms with Crippen LogP contribution >= 0.6 is 0 Å². The van der Waals surface area contributed by atoms with Crippen LogP contribution in [0, 0.1) is 23.4 Å². The molecule has 1 saturated carbocycles. The maximum atomic E-state index is 13.4. The number of halogens is 3. The predicted molar refractivity (Wildman–Crippen MR) is 55.2 cm³/mol. The summed E-state index contributed by atoms with van der Waals surface area (Å²) in [4.78, 5) is 0. The molecule has 0 heterocycles. The molecule has 0 bridgehead atoms. The van der Waals surface area contributed by atoms with E-state index >= 15 is 0 Å². The summed E-state index contributed by atoms with van der Waals surface area (Å²) in [7, 11) is 0. The Morgan fingerprint density at radius 2 is 1.75 bits per heavy atom. The molecule has 88 valence electrons. The molecule has 0 aromatic heterocycles. The zero-order chi connectivity index (χ0) is 11.7. The number of benzene rings is 1. The van der Waals surface area contributed by atoms with Gasteiger partial charge in [0.25, 0.3) is 0 Å². The summed E-state index contributed by atoms with van der Waals surface area (Å²) in [6, 6.07) is 0.684. The van der Waals surface area contributed by atoms with Crippen molar-refractivity contribution in [2.75, 3.05) is 0 Å². The number of rotatable bonds is 3. The van der Waals surface area contributed by atoms with Crippen molar-refractivity contribution in [2.24, 2.45) is 11.7 Å². The SMILES string of the molecule is NC(CC1CCC1)c1c(F)cc(F)cc1F. The van der Waals surface area contributed by atoms with E-state index in [4.69, 9.17) is 5.73 Å². The number of hydrogen-bond donors (Lipinski definition) is 1. The van der Waals surface area contributed by atoms with Gasteiger partial charge in [0.1, 0.15) is 17.5 Å². The van der Waals surface area contributed by atoms with Crippen molar-refractivity contribution in [2.45, 2.75) is 31.7 Å². The van der Waals surface area contributed by atoms with E-state index < -0.39 is 23.5 Å². The second kappa shape index (κ2) is 4.45. The molecule has 0 spiro atoms. The van der Waals surface area contributed by atoms with Gasteiger partial charge in [0.05, 0.1) is 0 Å². The van der Waals surface area contributed by atoms with Crippen LogP contribution in [-0.4, -0.2) is 0 Å². The van der Waals surface area contributed by atoms with E-state index in [0.29, 0.717) is 24.5 Å². The van der Waals surface area contributed by atoms with Gasteiger partial charge in [0.15, 0.2) is 0 Å². The van der Waals surface area contributed by atoms with Crippen molar-refractivity contribution < 1.29 is 13.2 Å². The molecule has 0 saturated heterocycles. The summed E-state index contributed by atoms with van der Waals surface area (Å²) in [6.07, 6.45) is 3.86. The number of hydrogen-bond acceptors (Lipinski definition) is 1. The quantitative estimate of drug-likeness (QED) is 0.845. The molecule has 4 heteroatoms. The van der Waals surface area contributed by atoms with Gasteiger partial charge in [0.2, 0.25) is 0 Å². The molecule has 1 aliphatic carbocycles. The van der Waals surface area contributed by atoms with E-state index in [1.54, 1.807) is 0 Å². The average Bonchev–Trinajstić information content (AvgIpc) is 2.09. The molecule has 1 aromatic rings. The third-order valence-electron chi connectivity index (χ3n) is 3.23. The molecule has 2 rings (SSSR count). The summed E-state index contributed by atoms with van der Waals surface area (Å²) >= 11 is 0. The molecular weight excluding hydrogens is 215 g/mol. The molecule has 1 aromatic carbocycles. The minimum Gasteiger partial charge on any atom is -0.324 e. The highest BCUT2D eigenvalue weighted by Gasteiger charge is 2.24. The Bertz CT molecular complexity index is 365. The molecule has 1 fully saturated rings. The van der Waals surface area contributed by atoms with Crippen LogP contribution in [0.4, 0.5) is 13.2 Å². The van der Waals surface area contributed by atoms with Crippen LogP contribution in [0.2, 0.25) is 0 Å². The van der Waals surface area contributed by atoms with Crippen LogP contribution in [-0.2, 0) is 0 Å². The van der Waals surface area contributed by atoms with Crippen LogP contribution in [0.25, 0.3) is 0 Å². The molecule has 2 N–H and O–H groups in total. The van der Waals surface area contributed by atoms with E-state index in [0.717, 1.165) is 19.3 Å². The third-order valence-corrected chi connectivity index (χ3v) is 3.23. The predicted octanol–water partition coefficient (Wildman–Crippen LogP) is 3.29. The summed E-state index contributed by atoms with van der Waals surface area (Å²) in [5.41, 5.74) is 5.57. The van der Waals surface area contributed by atoms with Gasteiger partial charge in [-0.1, -0.05) is 19.3 Å². The number of nitrogens with two attached hydrogens (primary N) is 1. The molecule has 1 aliphatic rings. The summed E-state index contributed by atoms with van der Waals surface area (Å²) in [5, 5.41) is 0. The minimum atomic E-state index is -0.908. The van der Waals surface area contributed by atoms with Gasteiger partial charge in [-0.15, -0.1) is 0 Å². The van der Waals surface area contributed by atoms with E-state index in [2.05, 4.69) is 0 Å². The zero-order valence-corrected chi connectivity index (χ0v) is 8.85. The highest BCUT2D eigenvalue weighted by Crippen LogP contribution is 2.35. The largest absolute Gasteiger partial charge is 0.324 e. The Hall–Kier alpha value is -1.03. The van der Waals surface area contributed by atoms with Crippen LogP contribution in [0.5, 0.6) is 0 Å². The van der Waals surface area contributed by atoms with Crippen molar-refractivity contribution in [3.8, 4) is 0 Å². The Balaban J connectivity index is 2.17. The van der Waals surface area contributed by atoms with Gasteiger partial charge in [0, 0.05) is 23.7 Å². The van der Waals surface area contributed by atoms with Gasteiger partial charge in [-0.3, -0.25) is 0 Å². The van der Waals surface area contributed by atoms with Crippen LogP contribution in [0.3, 0.4) is 0 Å². The lowest BCUT2D eigenvalue weighted by molar-refractivity contribution is 0.273. The maximum absolute atomic E-state index is 13.4. The van der Waals surface area contributed by atoms with Crippen molar-refractivity contribution >= 4 is 0 Å². The Morgan fingerprint density at radius 3 is 2.19 bits per heavy atom.